The van der Waals surface area contributed by atoms with Gasteiger partial charge in [0.25, 0.3) is 5.91 Å². The number of aliphatic hydroxyl groups excluding tert-OH is 1. The second-order valence-electron chi connectivity index (χ2n) is 7.71. The summed E-state index contributed by atoms with van der Waals surface area (Å²) in [4.78, 5) is 24.3. The fraction of sp³-hybridized carbons (Fsp3) is 0.810. The number of aliphatic hydroxyl groups is 1. The first-order chi connectivity index (χ1) is 13.2. The topological polar surface area (TPSA) is 66.8 Å². The Hall–Kier alpha value is -1.50. The minimum absolute atomic E-state index is 0.0528. The van der Waals surface area contributed by atoms with Gasteiger partial charge in [0.15, 0.2) is 0 Å². The van der Waals surface area contributed by atoms with Crippen molar-refractivity contribution in [3.8, 4) is 0 Å². The Morgan fingerprint density at radius 2 is 2.00 bits per heavy atom. The molecule has 7 heteroatoms. The fourth-order valence-corrected chi connectivity index (χ4v) is 3.40. The van der Waals surface area contributed by atoms with E-state index >= 15 is 0 Å². The van der Waals surface area contributed by atoms with Gasteiger partial charge in [-0.05, 0) is 25.2 Å². The summed E-state index contributed by atoms with van der Waals surface area (Å²) in [7, 11) is 1.34. The number of nitrogens with zero attached hydrogens (tertiary/aromatic N) is 1. The third-order valence-corrected chi connectivity index (χ3v) is 5.32. The van der Waals surface area contributed by atoms with Crippen LogP contribution in [0.25, 0.3) is 0 Å². The molecule has 1 rings (SSSR count). The van der Waals surface area contributed by atoms with Gasteiger partial charge in [-0.15, -0.1) is 0 Å². The van der Waals surface area contributed by atoms with E-state index < -0.39 is 30.4 Å². The third-order valence-electron chi connectivity index (χ3n) is 5.32. The third kappa shape index (κ3) is 7.86. The van der Waals surface area contributed by atoms with Crippen molar-refractivity contribution in [2.75, 3.05) is 13.7 Å². The van der Waals surface area contributed by atoms with Crippen LogP contribution in [0.2, 0.25) is 0 Å². The molecule has 162 valence electrons. The summed E-state index contributed by atoms with van der Waals surface area (Å²) < 4.78 is 32.4. The number of likely N-dealkylation sites (tertiary alicyclic amines) is 1. The van der Waals surface area contributed by atoms with Crippen molar-refractivity contribution in [1.82, 2.24) is 4.90 Å². The molecule has 1 aliphatic heterocycles. The number of hydrogen-bond acceptors (Lipinski definition) is 4. The van der Waals surface area contributed by atoms with Crippen molar-refractivity contribution in [2.45, 2.75) is 89.7 Å². The molecule has 1 N–H and O–H groups in total. The van der Waals surface area contributed by atoms with Gasteiger partial charge >= 0.3 is 11.9 Å². The van der Waals surface area contributed by atoms with Crippen LogP contribution in [-0.4, -0.2) is 53.6 Å². The van der Waals surface area contributed by atoms with Gasteiger partial charge in [0.2, 0.25) is 0 Å². The normalized spacial score (nSPS) is 21.3. The van der Waals surface area contributed by atoms with Gasteiger partial charge in [-0.3, -0.25) is 9.59 Å². The van der Waals surface area contributed by atoms with E-state index in [1.165, 1.54) is 12.0 Å². The van der Waals surface area contributed by atoms with Crippen LogP contribution in [0.15, 0.2) is 12.2 Å². The van der Waals surface area contributed by atoms with Crippen molar-refractivity contribution in [3.05, 3.63) is 12.2 Å². The molecule has 0 saturated carbocycles. The molecule has 0 aromatic rings. The van der Waals surface area contributed by atoms with E-state index in [9.17, 15) is 23.5 Å². The summed E-state index contributed by atoms with van der Waals surface area (Å²) in [6, 6.07) is -0.689. The first-order valence-electron chi connectivity index (χ1n) is 10.3. The molecule has 1 fully saturated rings. The van der Waals surface area contributed by atoms with Crippen molar-refractivity contribution < 1.29 is 28.2 Å². The van der Waals surface area contributed by atoms with Gasteiger partial charge < -0.3 is 14.7 Å². The number of hydrogen-bond donors (Lipinski definition) is 1. The zero-order valence-electron chi connectivity index (χ0n) is 17.3. The summed E-state index contributed by atoms with van der Waals surface area (Å²) >= 11 is 0. The molecule has 0 aliphatic carbocycles. The number of carbonyl (C=O) groups is 2. The Morgan fingerprint density at radius 3 is 2.64 bits per heavy atom. The molecular weight excluding hydrogens is 368 g/mol. The molecule has 5 nitrogen and oxygen atoms in total. The molecule has 2 unspecified atom stereocenters. The Balaban J connectivity index is 2.52. The van der Waals surface area contributed by atoms with E-state index in [0.29, 0.717) is 19.3 Å². The van der Waals surface area contributed by atoms with E-state index in [4.69, 9.17) is 0 Å². The van der Waals surface area contributed by atoms with E-state index in [1.54, 1.807) is 12.2 Å². The van der Waals surface area contributed by atoms with E-state index in [-0.39, 0.29) is 18.4 Å². The highest BCUT2D eigenvalue weighted by Crippen LogP contribution is 2.34. The Kier molecular flexibility index (Phi) is 10.6. The first kappa shape index (κ1) is 24.5. The van der Waals surface area contributed by atoms with E-state index in [2.05, 4.69) is 11.7 Å². The highest BCUT2D eigenvalue weighted by molar-refractivity contribution is 5.86. The van der Waals surface area contributed by atoms with Crippen LogP contribution in [0.1, 0.15) is 71.6 Å². The van der Waals surface area contributed by atoms with Crippen molar-refractivity contribution in [2.24, 2.45) is 5.92 Å². The SMILES string of the molecule is CCCCC(C)C(O)/C=C/[C@H]1CC(F)(F)C(=O)N1CCCCCCC(=O)OC. The summed E-state index contributed by atoms with van der Waals surface area (Å²) in [6.07, 6.45) is 7.95. The van der Waals surface area contributed by atoms with Crippen molar-refractivity contribution in [3.63, 3.8) is 0 Å². The molecule has 28 heavy (non-hydrogen) atoms. The molecular formula is C21H35F2NO4. The largest absolute Gasteiger partial charge is 0.469 e. The number of esters is 1. The molecule has 1 heterocycles. The van der Waals surface area contributed by atoms with Crippen LogP contribution in [0.3, 0.4) is 0 Å². The molecule has 0 radical (unpaired) electrons. The number of carbonyl (C=O) groups excluding carboxylic acids is 2. The van der Waals surface area contributed by atoms with E-state index in [1.807, 2.05) is 6.92 Å². The summed E-state index contributed by atoms with van der Waals surface area (Å²) in [5.74, 6) is -4.69. The minimum Gasteiger partial charge on any atom is -0.469 e. The number of alkyl halides is 2. The number of halogens is 2. The highest BCUT2D eigenvalue weighted by Gasteiger charge is 2.52. The number of rotatable bonds is 13. The second-order valence-corrected chi connectivity index (χ2v) is 7.71. The van der Waals surface area contributed by atoms with Crippen LogP contribution in [0.4, 0.5) is 8.78 Å². The maximum atomic E-state index is 13.9. The van der Waals surface area contributed by atoms with Gasteiger partial charge in [-0.2, -0.15) is 8.78 Å². The predicted octanol–water partition coefficient (Wildman–Crippen LogP) is 4.09. The first-order valence-corrected chi connectivity index (χ1v) is 10.3. The zero-order chi connectivity index (χ0) is 21.2. The summed E-state index contributed by atoms with van der Waals surface area (Å²) in [6.45, 7) is 4.27. The maximum absolute atomic E-state index is 13.9. The molecule has 0 aromatic heterocycles. The average molecular weight is 404 g/mol. The van der Waals surface area contributed by atoms with Crippen LogP contribution in [0.5, 0.6) is 0 Å². The number of ether oxygens (including phenoxy) is 1. The Bertz CT molecular complexity index is 525. The fourth-order valence-electron chi connectivity index (χ4n) is 3.40. The van der Waals surface area contributed by atoms with Gasteiger partial charge in [-0.25, -0.2) is 0 Å². The van der Waals surface area contributed by atoms with Crippen LogP contribution < -0.4 is 0 Å². The Labute approximate surface area is 167 Å². The van der Waals surface area contributed by atoms with Gasteiger partial charge in [0.1, 0.15) is 0 Å². The van der Waals surface area contributed by atoms with Crippen molar-refractivity contribution in [1.29, 1.82) is 0 Å². The van der Waals surface area contributed by atoms with Crippen molar-refractivity contribution >= 4 is 11.9 Å². The lowest BCUT2D eigenvalue weighted by Crippen LogP contribution is -2.36. The highest BCUT2D eigenvalue weighted by atomic mass is 19.3. The summed E-state index contributed by atoms with van der Waals surface area (Å²) in [5.41, 5.74) is 0. The van der Waals surface area contributed by atoms with Crippen LogP contribution >= 0.6 is 0 Å². The molecule has 1 saturated heterocycles. The van der Waals surface area contributed by atoms with E-state index in [0.717, 1.165) is 32.1 Å². The smallest absolute Gasteiger partial charge is 0.327 e. The van der Waals surface area contributed by atoms with Gasteiger partial charge in [0.05, 0.1) is 19.3 Å². The molecule has 1 aliphatic rings. The predicted molar refractivity (Wildman–Crippen MR) is 104 cm³/mol. The standard InChI is InChI=1S/C21H35F2NO4/c1-4-5-10-16(2)18(25)13-12-17-15-21(22,23)20(27)24(17)14-9-7-6-8-11-19(26)28-3/h12-13,16-18,25H,4-11,14-15H2,1-3H3/b13-12+/t16?,17-,18?/m0/s1. The molecule has 1 amide bonds. The lowest BCUT2D eigenvalue weighted by molar-refractivity contribution is -0.148. The molecule has 0 bridgehead atoms. The zero-order valence-corrected chi connectivity index (χ0v) is 17.3. The average Bonchev–Trinajstić information content (AvgIpc) is 2.89. The van der Waals surface area contributed by atoms with Gasteiger partial charge in [0, 0.05) is 19.4 Å². The van der Waals surface area contributed by atoms with Gasteiger partial charge in [-0.1, -0.05) is 51.7 Å². The second kappa shape index (κ2) is 12.1. The Morgan fingerprint density at radius 1 is 1.32 bits per heavy atom. The quantitative estimate of drug-likeness (QED) is 0.286. The summed E-state index contributed by atoms with van der Waals surface area (Å²) in [5, 5.41) is 10.2. The number of unbranched alkanes of at least 4 members (excludes halogenated alkanes) is 4. The molecule has 0 spiro atoms. The van der Waals surface area contributed by atoms with Crippen LogP contribution in [-0.2, 0) is 14.3 Å². The maximum Gasteiger partial charge on any atom is 0.327 e. The lowest BCUT2D eigenvalue weighted by Gasteiger charge is -2.22. The number of amides is 1. The minimum atomic E-state index is -3.35. The molecule has 0 aromatic carbocycles. The number of methoxy groups -OCH3 is 1. The molecule has 3 atom stereocenters. The van der Waals surface area contributed by atoms with Crippen LogP contribution in [0, 0.1) is 5.92 Å². The monoisotopic (exact) mass is 403 g/mol. The lowest BCUT2D eigenvalue weighted by atomic mass is 9.97.